The van der Waals surface area contributed by atoms with Crippen LogP contribution in [0.2, 0.25) is 0 Å². The zero-order valence-electron chi connectivity index (χ0n) is 32.9. The summed E-state index contributed by atoms with van der Waals surface area (Å²) in [6.07, 6.45) is 23.7. The fourth-order valence-electron chi connectivity index (χ4n) is 8.04. The lowest BCUT2D eigenvalue weighted by Crippen LogP contribution is -2.49. The summed E-state index contributed by atoms with van der Waals surface area (Å²) in [4.78, 5) is 36.2. The predicted octanol–water partition coefficient (Wildman–Crippen LogP) is 9.26. The van der Waals surface area contributed by atoms with E-state index in [2.05, 4.69) is 19.6 Å². The summed E-state index contributed by atoms with van der Waals surface area (Å²) in [7, 11) is 0. The van der Waals surface area contributed by atoms with E-state index in [1.165, 1.54) is 13.8 Å². The number of fused-ring (bicyclic) bond motifs is 1. The average molecular weight is 701 g/mol. The Morgan fingerprint density at radius 2 is 1.24 bits per heavy atom. The molecule has 0 aromatic heterocycles. The summed E-state index contributed by atoms with van der Waals surface area (Å²) in [5.74, 6) is -0.552. The van der Waals surface area contributed by atoms with Gasteiger partial charge in [0, 0.05) is 44.1 Å². The molecule has 0 bridgehead atoms. The second kappa shape index (κ2) is 16.3. The second-order valence-electron chi connectivity index (χ2n) is 16.4. The average Bonchev–Trinajstić information content (AvgIpc) is 3.58. The normalized spacial score (nSPS) is 31.0. The van der Waals surface area contributed by atoms with E-state index in [1.807, 2.05) is 115 Å². The van der Waals surface area contributed by atoms with Gasteiger partial charge in [0.05, 0.1) is 11.2 Å². The van der Waals surface area contributed by atoms with Gasteiger partial charge in [-0.3, -0.25) is 14.4 Å². The number of rotatable bonds is 12. The minimum Gasteiger partial charge on any atom is -0.462 e. The molecule has 2 aliphatic carbocycles. The standard InChI is InChI=1S/C44H60O7/c1-30(19-15-20-32(3)23-24-39-40(7,8)25-36(49-34(5)45)27-42(39,11)48)17-13-14-18-31(2)21-16-22-33(4)38(47)29-44-41(9,10)26-37(50-35(6)46)28-43(44,12)51-44/h13-23,36-37,48H,25-29H2,1-12H3. The molecule has 7 nitrogen and oxygen atoms in total. The SMILES string of the molecule is CC(=O)OC1CC(C)(C)C(=C=CC(C)=CC=CC(C)=CC=CC=C(C)C=CC=C(C)C(=O)CC23OC2(C)CC(OC(C)=O)CC3(C)C)C(C)(O)C1. The molecule has 3 aliphatic rings. The van der Waals surface area contributed by atoms with Crippen molar-refractivity contribution in [2.45, 2.75) is 144 Å². The van der Waals surface area contributed by atoms with Gasteiger partial charge in [0.15, 0.2) is 5.78 Å². The van der Waals surface area contributed by atoms with Crippen molar-refractivity contribution in [3.05, 3.63) is 100 Å². The summed E-state index contributed by atoms with van der Waals surface area (Å²) in [6.45, 7) is 22.8. The molecule has 1 N–H and O–H groups in total. The van der Waals surface area contributed by atoms with Gasteiger partial charge in [-0.2, -0.15) is 0 Å². The number of ketones is 1. The van der Waals surface area contributed by atoms with E-state index < -0.39 is 16.8 Å². The molecule has 0 radical (unpaired) electrons. The van der Waals surface area contributed by atoms with Crippen molar-refractivity contribution < 1.29 is 33.7 Å². The minimum atomic E-state index is -1.11. The van der Waals surface area contributed by atoms with Crippen molar-refractivity contribution in [1.82, 2.24) is 0 Å². The third-order valence-corrected chi connectivity index (χ3v) is 10.5. The summed E-state index contributed by atoms with van der Waals surface area (Å²) in [5, 5.41) is 11.1. The molecule has 1 aliphatic heterocycles. The van der Waals surface area contributed by atoms with E-state index in [4.69, 9.17) is 14.2 Å². The molecule has 51 heavy (non-hydrogen) atoms. The van der Waals surface area contributed by atoms with E-state index >= 15 is 0 Å². The highest BCUT2D eigenvalue weighted by atomic mass is 16.6. The third kappa shape index (κ3) is 10.9. The molecule has 1 heterocycles. The molecule has 278 valence electrons. The van der Waals surface area contributed by atoms with Gasteiger partial charge in [-0.1, -0.05) is 99.6 Å². The van der Waals surface area contributed by atoms with Crippen LogP contribution in [0.3, 0.4) is 0 Å². The number of allylic oxidation sites excluding steroid dienone is 14. The van der Waals surface area contributed by atoms with Gasteiger partial charge >= 0.3 is 11.9 Å². The molecular weight excluding hydrogens is 640 g/mol. The van der Waals surface area contributed by atoms with Gasteiger partial charge in [0.2, 0.25) is 0 Å². The predicted molar refractivity (Wildman–Crippen MR) is 204 cm³/mol. The molecule has 0 aromatic carbocycles. The number of Topliss-reactive ketones (excluding diaryl/α,β-unsaturated/α-hetero) is 1. The van der Waals surface area contributed by atoms with E-state index in [-0.39, 0.29) is 40.8 Å². The lowest BCUT2D eigenvalue weighted by atomic mass is 9.61. The highest BCUT2D eigenvalue weighted by Gasteiger charge is 2.76. The van der Waals surface area contributed by atoms with Crippen LogP contribution >= 0.6 is 0 Å². The number of ether oxygens (including phenoxy) is 3. The van der Waals surface area contributed by atoms with Crippen LogP contribution in [0, 0.1) is 10.8 Å². The van der Waals surface area contributed by atoms with Crippen LogP contribution in [0.15, 0.2) is 100 Å². The smallest absolute Gasteiger partial charge is 0.302 e. The Kier molecular flexibility index (Phi) is 13.3. The first-order valence-electron chi connectivity index (χ1n) is 18.0. The molecule has 0 aromatic rings. The quantitative estimate of drug-likeness (QED) is 0.0712. The summed E-state index contributed by atoms with van der Waals surface area (Å²) >= 11 is 0. The number of epoxide rings is 1. The molecule has 2 saturated carbocycles. The molecule has 0 amide bonds. The zero-order valence-corrected chi connectivity index (χ0v) is 32.9. The first-order valence-corrected chi connectivity index (χ1v) is 18.0. The zero-order chi connectivity index (χ0) is 38.4. The van der Waals surface area contributed by atoms with Crippen molar-refractivity contribution in [3.63, 3.8) is 0 Å². The van der Waals surface area contributed by atoms with Crippen molar-refractivity contribution >= 4 is 17.7 Å². The number of hydrogen-bond donors (Lipinski definition) is 1. The Morgan fingerprint density at radius 3 is 1.75 bits per heavy atom. The van der Waals surface area contributed by atoms with Crippen LogP contribution in [0.25, 0.3) is 0 Å². The van der Waals surface area contributed by atoms with E-state index in [0.717, 1.165) is 22.3 Å². The van der Waals surface area contributed by atoms with E-state index in [9.17, 15) is 19.5 Å². The maximum atomic E-state index is 13.2. The number of hydrogen-bond acceptors (Lipinski definition) is 7. The van der Waals surface area contributed by atoms with Crippen LogP contribution in [0.5, 0.6) is 0 Å². The fourth-order valence-corrected chi connectivity index (χ4v) is 8.04. The molecular formula is C44H60O7. The summed E-state index contributed by atoms with van der Waals surface area (Å²) in [5.41, 5.74) is 5.17. The first-order chi connectivity index (χ1) is 23.5. The molecule has 5 unspecified atom stereocenters. The minimum absolute atomic E-state index is 0.0627. The van der Waals surface area contributed by atoms with Gasteiger partial charge in [-0.15, -0.1) is 5.73 Å². The van der Waals surface area contributed by atoms with Gasteiger partial charge < -0.3 is 19.3 Å². The molecule has 3 rings (SSSR count). The van der Waals surface area contributed by atoms with Crippen molar-refractivity contribution in [3.8, 4) is 0 Å². The molecule has 5 atom stereocenters. The number of aliphatic hydroxyl groups is 1. The van der Waals surface area contributed by atoms with E-state index in [0.29, 0.717) is 37.7 Å². The maximum Gasteiger partial charge on any atom is 0.302 e. The largest absolute Gasteiger partial charge is 0.462 e. The fraction of sp³-hybridized carbons (Fsp3) is 0.545. The Morgan fingerprint density at radius 1 is 0.725 bits per heavy atom. The molecule has 1 saturated heterocycles. The van der Waals surface area contributed by atoms with Gasteiger partial charge in [0.25, 0.3) is 0 Å². The first kappa shape index (κ1) is 41.6. The second-order valence-corrected chi connectivity index (χ2v) is 16.4. The van der Waals surface area contributed by atoms with Crippen LogP contribution in [-0.2, 0) is 28.6 Å². The number of carbonyl (C=O) groups is 3. The number of esters is 2. The Labute approximate surface area is 306 Å². The lowest BCUT2D eigenvalue weighted by Gasteiger charge is -2.44. The molecule has 3 fully saturated rings. The van der Waals surface area contributed by atoms with Crippen molar-refractivity contribution in [2.24, 2.45) is 10.8 Å². The highest BCUT2D eigenvalue weighted by Crippen LogP contribution is 2.67. The summed E-state index contributed by atoms with van der Waals surface area (Å²) in [6, 6.07) is 0. The van der Waals surface area contributed by atoms with Gasteiger partial charge in [0.1, 0.15) is 17.8 Å². The van der Waals surface area contributed by atoms with E-state index in [1.54, 1.807) is 6.92 Å². The Balaban J connectivity index is 1.54. The van der Waals surface area contributed by atoms with Crippen LogP contribution < -0.4 is 0 Å². The van der Waals surface area contributed by atoms with Gasteiger partial charge in [-0.25, -0.2) is 0 Å². The maximum absolute atomic E-state index is 13.2. The van der Waals surface area contributed by atoms with Crippen molar-refractivity contribution in [1.29, 1.82) is 0 Å². The molecule has 7 heteroatoms. The highest BCUT2D eigenvalue weighted by molar-refractivity contribution is 5.96. The molecule has 0 spiro atoms. The Hall–Kier alpha value is -3.77. The van der Waals surface area contributed by atoms with Crippen LogP contribution in [-0.4, -0.2) is 51.8 Å². The third-order valence-electron chi connectivity index (χ3n) is 10.5. The van der Waals surface area contributed by atoms with Gasteiger partial charge in [-0.05, 0) is 77.0 Å². The van der Waals surface area contributed by atoms with Crippen LogP contribution in [0.1, 0.15) is 115 Å². The van der Waals surface area contributed by atoms with Crippen molar-refractivity contribution in [2.75, 3.05) is 0 Å². The number of carbonyl (C=O) groups excluding carboxylic acids is 3. The topological polar surface area (TPSA) is 102 Å². The summed E-state index contributed by atoms with van der Waals surface area (Å²) < 4.78 is 17.2. The lowest BCUT2D eigenvalue weighted by molar-refractivity contribution is -0.153. The Bertz CT molecular complexity index is 1630. The van der Waals surface area contributed by atoms with Crippen LogP contribution in [0.4, 0.5) is 0 Å². The monoisotopic (exact) mass is 700 g/mol.